The molecule has 2 atom stereocenters. The van der Waals surface area contributed by atoms with Gasteiger partial charge < -0.3 is 25.3 Å². The maximum Gasteiger partial charge on any atom is 0.408 e. The highest BCUT2D eigenvalue weighted by molar-refractivity contribution is 9.18. The number of oxime groups is 1. The van der Waals surface area contributed by atoms with Crippen molar-refractivity contribution in [1.29, 1.82) is 0 Å². The number of phenols is 1. The molecule has 9 heteroatoms. The third-order valence-corrected chi connectivity index (χ3v) is 5.15. The summed E-state index contributed by atoms with van der Waals surface area (Å²) < 4.78 is 5.95. The third kappa shape index (κ3) is 7.60. The van der Waals surface area contributed by atoms with Gasteiger partial charge in [-0.1, -0.05) is 47.6 Å². The van der Waals surface area contributed by atoms with E-state index in [1.807, 2.05) is 30.3 Å². The van der Waals surface area contributed by atoms with E-state index in [1.54, 1.807) is 24.3 Å². The van der Waals surface area contributed by atoms with Gasteiger partial charge in [0.25, 0.3) is 0 Å². The van der Waals surface area contributed by atoms with Gasteiger partial charge in [-0.25, -0.2) is 4.79 Å². The fourth-order valence-corrected chi connectivity index (χ4v) is 3.44. The van der Waals surface area contributed by atoms with E-state index < -0.39 is 12.1 Å². The van der Waals surface area contributed by atoms with Crippen LogP contribution in [0.3, 0.4) is 0 Å². The van der Waals surface area contributed by atoms with E-state index >= 15 is 0 Å². The second-order valence-corrected chi connectivity index (χ2v) is 8.02. The van der Waals surface area contributed by atoms with Crippen molar-refractivity contribution >= 4 is 32.6 Å². The summed E-state index contributed by atoms with van der Waals surface area (Å²) in [5, 5.41) is 18.7. The number of alkyl carbamates (subject to hydrolysis) is 1. The molecular formula is C22H24BrN3O5. The van der Waals surface area contributed by atoms with Crippen LogP contribution in [0, 0.1) is 0 Å². The lowest BCUT2D eigenvalue weighted by atomic mass is 10.0. The molecule has 1 heterocycles. The maximum absolute atomic E-state index is 12.7. The molecule has 1 aliphatic rings. The smallest absolute Gasteiger partial charge is 0.408 e. The van der Waals surface area contributed by atoms with Gasteiger partial charge in [0.1, 0.15) is 23.0 Å². The van der Waals surface area contributed by atoms with Gasteiger partial charge in [-0.2, -0.15) is 0 Å². The molecule has 0 fully saturated rings. The number of hydrogen-bond donors (Lipinski definition) is 3. The molecule has 2 aromatic carbocycles. The predicted molar refractivity (Wildman–Crippen MR) is 119 cm³/mol. The highest BCUT2D eigenvalue weighted by Gasteiger charge is 2.25. The minimum Gasteiger partial charge on any atom is -0.508 e. The van der Waals surface area contributed by atoms with Gasteiger partial charge in [0.05, 0.1) is 6.54 Å². The fourth-order valence-electron chi connectivity index (χ4n) is 2.99. The van der Waals surface area contributed by atoms with E-state index in [0.717, 1.165) is 11.1 Å². The van der Waals surface area contributed by atoms with E-state index in [9.17, 15) is 14.7 Å². The molecule has 0 saturated carbocycles. The summed E-state index contributed by atoms with van der Waals surface area (Å²) in [6.07, 6.45) is 0.554. The quantitative estimate of drug-likeness (QED) is 0.500. The molecule has 0 saturated heterocycles. The Balaban J connectivity index is 1.54. The van der Waals surface area contributed by atoms with E-state index in [4.69, 9.17) is 9.57 Å². The van der Waals surface area contributed by atoms with Crippen molar-refractivity contribution in [2.45, 2.75) is 38.0 Å². The molecule has 164 valence electrons. The van der Waals surface area contributed by atoms with Gasteiger partial charge in [-0.3, -0.25) is 4.79 Å². The number of amides is 2. The van der Waals surface area contributed by atoms with Crippen LogP contribution in [0.1, 0.15) is 24.0 Å². The van der Waals surface area contributed by atoms with Crippen LogP contribution in [0.4, 0.5) is 4.79 Å². The number of hydrogen-bond acceptors (Lipinski definition) is 6. The zero-order valence-corrected chi connectivity index (χ0v) is 18.4. The summed E-state index contributed by atoms with van der Waals surface area (Å²) in [4.78, 5) is 30.2. The summed E-state index contributed by atoms with van der Waals surface area (Å²) in [5.74, 6) is -0.160. The van der Waals surface area contributed by atoms with Gasteiger partial charge in [-0.15, -0.1) is 0 Å². The molecule has 1 unspecified atom stereocenters. The molecule has 0 aliphatic carbocycles. The molecule has 2 aromatic rings. The van der Waals surface area contributed by atoms with Crippen LogP contribution < -0.4 is 10.6 Å². The highest BCUT2D eigenvalue weighted by Crippen LogP contribution is 2.14. The van der Waals surface area contributed by atoms with Crippen molar-refractivity contribution in [3.8, 4) is 5.75 Å². The Kier molecular flexibility index (Phi) is 8.28. The summed E-state index contributed by atoms with van der Waals surface area (Å²) in [6.45, 7) is 0.383. The van der Waals surface area contributed by atoms with E-state index in [1.165, 1.54) is 0 Å². The molecule has 0 spiro atoms. The first-order chi connectivity index (χ1) is 15.0. The lowest BCUT2D eigenvalue weighted by molar-refractivity contribution is -0.123. The molecule has 1 aliphatic heterocycles. The Labute approximate surface area is 188 Å². The number of halogens is 1. The maximum atomic E-state index is 12.7. The van der Waals surface area contributed by atoms with Gasteiger partial charge in [0, 0.05) is 6.42 Å². The lowest BCUT2D eigenvalue weighted by Crippen LogP contribution is -2.48. The Bertz CT molecular complexity index is 905. The number of carbonyl (C=O) groups excluding carboxylic acids is 2. The standard InChI is InChI=1S/C22H24BrN3O5/c23-20-12-18(31-26-20)13-24-21(28)19(11-8-15-6-9-17(27)10-7-15)25-22(29)30-14-16-4-2-1-3-5-16/h1-7,9-10,18-19,27H,8,11-14H2,(H,24,28)(H,25,29)/t18?,19-/m0/s1. The monoisotopic (exact) mass is 489 g/mol. The second-order valence-electron chi connectivity index (χ2n) is 7.11. The number of nitrogens with one attached hydrogen (secondary N) is 2. The Morgan fingerprint density at radius 2 is 1.90 bits per heavy atom. The Morgan fingerprint density at radius 3 is 2.58 bits per heavy atom. The lowest BCUT2D eigenvalue weighted by Gasteiger charge is -2.19. The van der Waals surface area contributed by atoms with Crippen LogP contribution in [0.25, 0.3) is 0 Å². The molecule has 3 N–H and O–H groups in total. The summed E-state index contributed by atoms with van der Waals surface area (Å²) >= 11 is 3.26. The number of nitrogens with zero attached hydrogens (tertiary/aromatic N) is 1. The normalized spacial score (nSPS) is 16.0. The number of aromatic hydroxyl groups is 1. The molecule has 3 rings (SSSR count). The predicted octanol–water partition coefficient (Wildman–Crippen LogP) is 3.23. The average molecular weight is 490 g/mol. The minimum absolute atomic E-state index is 0.111. The molecule has 0 radical (unpaired) electrons. The van der Waals surface area contributed by atoms with Crippen LogP contribution in [-0.4, -0.2) is 40.4 Å². The first-order valence-electron chi connectivity index (χ1n) is 9.90. The van der Waals surface area contributed by atoms with Crippen LogP contribution >= 0.6 is 15.9 Å². The van der Waals surface area contributed by atoms with Crippen molar-refractivity contribution in [2.24, 2.45) is 5.16 Å². The van der Waals surface area contributed by atoms with Crippen molar-refractivity contribution < 1.29 is 24.3 Å². The number of carbonyl (C=O) groups is 2. The number of aryl methyl sites for hydroxylation is 1. The molecule has 31 heavy (non-hydrogen) atoms. The molecule has 0 aromatic heterocycles. The molecular weight excluding hydrogens is 466 g/mol. The topological polar surface area (TPSA) is 109 Å². The van der Waals surface area contributed by atoms with Gasteiger partial charge >= 0.3 is 6.09 Å². The van der Waals surface area contributed by atoms with Crippen molar-refractivity contribution in [1.82, 2.24) is 10.6 Å². The first-order valence-corrected chi connectivity index (χ1v) is 10.7. The zero-order valence-electron chi connectivity index (χ0n) is 16.8. The van der Waals surface area contributed by atoms with Crippen molar-refractivity contribution in [2.75, 3.05) is 6.54 Å². The molecule has 8 nitrogen and oxygen atoms in total. The zero-order chi connectivity index (χ0) is 22.1. The first kappa shape index (κ1) is 22.6. The highest BCUT2D eigenvalue weighted by atomic mass is 79.9. The number of ether oxygens (including phenoxy) is 1. The summed E-state index contributed by atoms with van der Waals surface area (Å²) in [7, 11) is 0. The average Bonchev–Trinajstić information content (AvgIpc) is 3.20. The SMILES string of the molecule is O=C(N[C@@H](CCc1ccc(O)cc1)C(=O)NCC1CC(Br)=NO1)OCc1ccccc1. The number of benzene rings is 2. The number of rotatable bonds is 9. The largest absolute Gasteiger partial charge is 0.508 e. The van der Waals surface area contributed by atoms with Crippen molar-refractivity contribution in [3.05, 3.63) is 65.7 Å². The van der Waals surface area contributed by atoms with Gasteiger partial charge in [-0.05, 0) is 52.0 Å². The molecule has 0 bridgehead atoms. The van der Waals surface area contributed by atoms with Crippen LogP contribution in [0.2, 0.25) is 0 Å². The summed E-state index contributed by atoms with van der Waals surface area (Å²) in [6, 6.07) is 15.2. The third-order valence-electron chi connectivity index (χ3n) is 4.68. The van der Waals surface area contributed by atoms with E-state index in [0.29, 0.717) is 23.9 Å². The minimum atomic E-state index is -0.789. The summed E-state index contributed by atoms with van der Waals surface area (Å²) in [5.41, 5.74) is 1.79. The van der Waals surface area contributed by atoms with Crippen LogP contribution in [-0.2, 0) is 27.4 Å². The van der Waals surface area contributed by atoms with Gasteiger partial charge in [0.15, 0.2) is 6.10 Å². The second kappa shape index (κ2) is 11.4. The molecule has 2 amide bonds. The van der Waals surface area contributed by atoms with E-state index in [2.05, 4.69) is 31.7 Å². The number of phenolic OH excluding ortho intramolecular Hbond substituents is 1. The van der Waals surface area contributed by atoms with Gasteiger partial charge in [0.2, 0.25) is 5.91 Å². The van der Waals surface area contributed by atoms with Crippen molar-refractivity contribution in [3.63, 3.8) is 0 Å². The Morgan fingerprint density at radius 1 is 1.16 bits per heavy atom. The van der Waals surface area contributed by atoms with Crippen LogP contribution in [0.15, 0.2) is 59.8 Å². The fraction of sp³-hybridized carbons (Fsp3) is 0.318. The van der Waals surface area contributed by atoms with Crippen LogP contribution in [0.5, 0.6) is 5.75 Å². The van der Waals surface area contributed by atoms with E-state index in [-0.39, 0.29) is 30.9 Å². The Hall–Kier alpha value is -3.07.